The fourth-order valence-electron chi connectivity index (χ4n) is 5.24. The summed E-state index contributed by atoms with van der Waals surface area (Å²) in [5.74, 6) is -1.45. The van der Waals surface area contributed by atoms with Gasteiger partial charge in [0.05, 0.1) is 57.8 Å². The minimum atomic E-state index is -1.03. The van der Waals surface area contributed by atoms with Crippen LogP contribution in [0.3, 0.4) is 0 Å². The monoisotopic (exact) mass is 754 g/mol. The number of methoxy groups -OCH3 is 1. The molecule has 3 aromatic carbocycles. The summed E-state index contributed by atoms with van der Waals surface area (Å²) in [7, 11) is 1.25. The van der Waals surface area contributed by atoms with Crippen molar-refractivity contribution >= 4 is 58.5 Å². The van der Waals surface area contributed by atoms with E-state index in [2.05, 4.69) is 9.73 Å². The summed E-state index contributed by atoms with van der Waals surface area (Å²) >= 11 is 14.3. The third kappa shape index (κ3) is 8.28. The Bertz CT molecular complexity index is 2190. The second kappa shape index (κ2) is 16.3. The fraction of sp³-hybridized carbons (Fsp3) is 0.250. The lowest BCUT2D eigenvalue weighted by Crippen LogP contribution is -2.40. The number of aromatic carboxylic acids is 1. The number of ether oxygens (including phenoxy) is 5. The minimum Gasteiger partial charge on any atom is -0.490 e. The average Bonchev–Trinajstić information content (AvgIpc) is 3.40. The van der Waals surface area contributed by atoms with Crippen LogP contribution in [0.15, 0.2) is 75.7 Å². The molecule has 0 radical (unpaired) electrons. The van der Waals surface area contributed by atoms with E-state index in [4.69, 9.17) is 47.3 Å². The van der Waals surface area contributed by atoms with Gasteiger partial charge in [-0.2, -0.15) is 0 Å². The maximum Gasteiger partial charge on any atom is 0.343 e. The predicted molar refractivity (Wildman–Crippen MR) is 190 cm³/mol. The molecule has 0 amide bonds. The zero-order valence-corrected chi connectivity index (χ0v) is 30.2. The fourth-order valence-corrected chi connectivity index (χ4v) is 6.90. The first-order valence-corrected chi connectivity index (χ1v) is 17.1. The number of esters is 2. The molecular weight excluding hydrogens is 723 g/mol. The number of rotatable bonds is 13. The van der Waals surface area contributed by atoms with E-state index in [0.29, 0.717) is 37.5 Å². The Labute approximate surface area is 305 Å². The van der Waals surface area contributed by atoms with Crippen LogP contribution in [0.25, 0.3) is 6.08 Å². The Morgan fingerprint density at radius 2 is 1.67 bits per heavy atom. The van der Waals surface area contributed by atoms with Crippen LogP contribution in [0.2, 0.25) is 10.0 Å². The maximum atomic E-state index is 14.2. The highest BCUT2D eigenvalue weighted by atomic mass is 35.5. The molecule has 1 aliphatic rings. The van der Waals surface area contributed by atoms with Crippen molar-refractivity contribution in [3.05, 3.63) is 118 Å². The summed E-state index contributed by atoms with van der Waals surface area (Å²) in [6.07, 6.45) is 1.62. The number of carboxylic acid groups (broad SMARTS) is 1. The normalized spacial score (nSPS) is 14.0. The Morgan fingerprint density at radius 1 is 0.961 bits per heavy atom. The summed E-state index contributed by atoms with van der Waals surface area (Å²) in [5, 5.41) is 9.51. The number of carbonyl (C=O) groups excluding carboxylic acids is 2. The van der Waals surface area contributed by atoms with Gasteiger partial charge in [0.2, 0.25) is 0 Å². The number of aromatic nitrogens is 1. The number of thiazole rings is 1. The van der Waals surface area contributed by atoms with E-state index in [1.807, 2.05) is 0 Å². The third-order valence-corrected chi connectivity index (χ3v) is 9.12. The van der Waals surface area contributed by atoms with Crippen LogP contribution in [-0.2, 0) is 25.7 Å². The lowest BCUT2D eigenvalue weighted by Gasteiger charge is -2.25. The van der Waals surface area contributed by atoms with Crippen LogP contribution in [0.5, 0.6) is 17.2 Å². The topological polar surface area (TPSA) is 152 Å². The van der Waals surface area contributed by atoms with Crippen molar-refractivity contribution in [2.75, 3.05) is 26.9 Å². The summed E-state index contributed by atoms with van der Waals surface area (Å²) in [4.78, 5) is 55.3. The lowest BCUT2D eigenvalue weighted by molar-refractivity contribution is -0.143. The number of benzene rings is 3. The molecule has 0 saturated heterocycles. The molecule has 0 bridgehead atoms. The number of carboxylic acids is 1. The number of carbonyl (C=O) groups is 3. The molecule has 0 unspecified atom stereocenters. The van der Waals surface area contributed by atoms with E-state index < -0.39 is 29.5 Å². The molecule has 1 N–H and O–H groups in total. The number of allylic oxidation sites excluding steroid dienone is 1. The van der Waals surface area contributed by atoms with Crippen LogP contribution in [0, 0.1) is 0 Å². The molecule has 5 rings (SSSR count). The molecule has 4 aromatic rings. The van der Waals surface area contributed by atoms with Crippen LogP contribution in [0.4, 0.5) is 0 Å². The first-order chi connectivity index (χ1) is 24.4. The zero-order valence-electron chi connectivity index (χ0n) is 27.9. The minimum absolute atomic E-state index is 0.0861. The average molecular weight is 756 g/mol. The molecule has 0 saturated carbocycles. The summed E-state index contributed by atoms with van der Waals surface area (Å²) in [5.41, 5.74) is 2.00. The van der Waals surface area contributed by atoms with Gasteiger partial charge in [0, 0.05) is 0 Å². The highest BCUT2D eigenvalue weighted by Crippen LogP contribution is 2.37. The molecule has 0 aliphatic carbocycles. The molecule has 2 heterocycles. The second-order valence-electron chi connectivity index (χ2n) is 10.9. The van der Waals surface area contributed by atoms with Gasteiger partial charge in [-0.1, -0.05) is 52.7 Å². The van der Waals surface area contributed by atoms with E-state index >= 15 is 0 Å². The Hall–Kier alpha value is -5.11. The highest BCUT2D eigenvalue weighted by Gasteiger charge is 2.34. The smallest absolute Gasteiger partial charge is 0.343 e. The van der Waals surface area contributed by atoms with Gasteiger partial charge in [0.1, 0.15) is 6.61 Å². The van der Waals surface area contributed by atoms with Gasteiger partial charge in [-0.15, -0.1) is 0 Å². The molecule has 12 nitrogen and oxygen atoms in total. The molecule has 51 heavy (non-hydrogen) atoms. The summed E-state index contributed by atoms with van der Waals surface area (Å²) < 4.78 is 29.1. The van der Waals surface area contributed by atoms with Crippen LogP contribution in [-0.4, -0.2) is 54.5 Å². The van der Waals surface area contributed by atoms with E-state index in [1.54, 1.807) is 69.3 Å². The van der Waals surface area contributed by atoms with Gasteiger partial charge in [0.15, 0.2) is 28.7 Å². The van der Waals surface area contributed by atoms with Crippen molar-refractivity contribution in [3.8, 4) is 17.2 Å². The molecule has 0 fully saturated rings. The van der Waals surface area contributed by atoms with E-state index in [-0.39, 0.29) is 59.1 Å². The molecule has 15 heteroatoms. The van der Waals surface area contributed by atoms with Crippen LogP contribution >= 0.6 is 34.5 Å². The summed E-state index contributed by atoms with van der Waals surface area (Å²) in [6, 6.07) is 13.4. The van der Waals surface area contributed by atoms with E-state index in [9.17, 15) is 19.2 Å². The van der Waals surface area contributed by atoms with Gasteiger partial charge in [-0.05, 0) is 79.9 Å². The van der Waals surface area contributed by atoms with E-state index in [1.165, 1.54) is 23.8 Å². The van der Waals surface area contributed by atoms with Crippen molar-refractivity contribution < 1.29 is 43.2 Å². The standard InChI is InChI=1S/C36H32Cl2N2O10S/c1-5-47-27-16-23(11-12-26(27)49-18-29(41)46-4)31-30(35(45)48-6-2)19(3)39-36-40(31)33(42)28(51-36)15-21-13-24(37)32(25(38)14-21)50-17-20-7-9-22(10-8-20)34(43)44/h7-16,31H,5-6,17-18H2,1-4H3,(H,43,44)/b28-15-/t31-/m0/s1. The number of halogens is 2. The van der Waals surface area contributed by atoms with Crippen molar-refractivity contribution in [1.29, 1.82) is 0 Å². The zero-order chi connectivity index (χ0) is 36.8. The van der Waals surface area contributed by atoms with Gasteiger partial charge < -0.3 is 28.8 Å². The summed E-state index contributed by atoms with van der Waals surface area (Å²) in [6.45, 7) is 5.26. The van der Waals surface area contributed by atoms with Gasteiger partial charge in [0.25, 0.3) is 5.56 Å². The molecule has 1 atom stereocenters. The van der Waals surface area contributed by atoms with Crippen LogP contribution in [0.1, 0.15) is 53.9 Å². The number of hydrogen-bond donors (Lipinski definition) is 1. The predicted octanol–water partition coefficient (Wildman–Crippen LogP) is 5.33. The largest absolute Gasteiger partial charge is 0.490 e. The molecule has 1 aliphatic heterocycles. The van der Waals surface area contributed by atoms with Crippen LogP contribution < -0.4 is 29.1 Å². The number of fused-ring (bicyclic) bond motifs is 1. The second-order valence-corrected chi connectivity index (χ2v) is 12.7. The maximum absolute atomic E-state index is 14.2. The third-order valence-electron chi connectivity index (χ3n) is 7.58. The Balaban J connectivity index is 1.54. The SMILES string of the molecule is CCOC(=O)C1=C(C)N=c2s/c(=C\c3cc(Cl)c(OCc4ccc(C(=O)O)cc4)c(Cl)c3)c(=O)n2[C@H]1c1ccc(OCC(=O)OC)c(OCC)c1. The Morgan fingerprint density at radius 3 is 2.29 bits per heavy atom. The highest BCUT2D eigenvalue weighted by molar-refractivity contribution is 7.07. The van der Waals surface area contributed by atoms with Crippen molar-refractivity contribution in [2.45, 2.75) is 33.4 Å². The molecule has 0 spiro atoms. The quantitative estimate of drug-likeness (QED) is 0.177. The van der Waals surface area contributed by atoms with Crippen molar-refractivity contribution in [3.63, 3.8) is 0 Å². The molecule has 266 valence electrons. The lowest BCUT2D eigenvalue weighted by atomic mass is 9.95. The molecular formula is C36H32Cl2N2O10S. The van der Waals surface area contributed by atoms with Gasteiger partial charge in [-0.25, -0.2) is 19.4 Å². The van der Waals surface area contributed by atoms with Gasteiger partial charge >= 0.3 is 17.9 Å². The Kier molecular flexibility index (Phi) is 11.9. The van der Waals surface area contributed by atoms with Crippen molar-refractivity contribution in [2.24, 2.45) is 4.99 Å². The van der Waals surface area contributed by atoms with Crippen molar-refractivity contribution in [1.82, 2.24) is 4.57 Å². The first kappa shape index (κ1) is 37.2. The van der Waals surface area contributed by atoms with Gasteiger partial charge in [-0.3, -0.25) is 9.36 Å². The molecule has 1 aromatic heterocycles. The number of nitrogens with zero attached hydrogens (tertiary/aromatic N) is 2. The number of hydrogen-bond acceptors (Lipinski definition) is 11. The first-order valence-electron chi connectivity index (χ1n) is 15.6. The van der Waals surface area contributed by atoms with E-state index in [0.717, 1.165) is 11.3 Å².